The van der Waals surface area contributed by atoms with Gasteiger partial charge in [0.25, 0.3) is 0 Å². The van der Waals surface area contributed by atoms with Gasteiger partial charge in [0.2, 0.25) is 0 Å². The minimum Gasteiger partial charge on any atom is -0.480 e. The van der Waals surface area contributed by atoms with Crippen molar-refractivity contribution in [3.8, 4) is 0 Å². The number of hydrogen-bond donors (Lipinski definition) is 4. The molecule has 0 aliphatic carbocycles. The first-order valence-electron chi connectivity index (χ1n) is 11.5. The third-order valence-corrected chi connectivity index (χ3v) is 5.39. The highest BCUT2D eigenvalue weighted by Crippen LogP contribution is 2.09. The minimum atomic E-state index is -1.15. The summed E-state index contributed by atoms with van der Waals surface area (Å²) < 4.78 is 10.1. The summed E-state index contributed by atoms with van der Waals surface area (Å²) in [6, 6.07) is 18.4. The molecule has 5 N–H and O–H groups in total. The van der Waals surface area contributed by atoms with E-state index in [-0.39, 0.29) is 18.4 Å². The van der Waals surface area contributed by atoms with Gasteiger partial charge in [0.05, 0.1) is 0 Å². The first-order valence-corrected chi connectivity index (χ1v) is 12.7. The van der Waals surface area contributed by atoms with Crippen molar-refractivity contribution in [1.29, 1.82) is 0 Å². The number of ether oxygens (including phenoxy) is 2. The van der Waals surface area contributed by atoms with E-state index in [1.54, 1.807) is 20.8 Å². The second-order valence-electron chi connectivity index (χ2n) is 8.80. The number of aliphatic carboxylic acids is 1. The quantitative estimate of drug-likeness (QED) is 0.340. The van der Waals surface area contributed by atoms with E-state index < -0.39 is 29.8 Å². The van der Waals surface area contributed by atoms with Crippen LogP contribution in [0.25, 0.3) is 0 Å². The molecular weight excluding hydrogens is 482 g/mol. The highest BCUT2D eigenvalue weighted by Gasteiger charge is 2.23. The molecule has 198 valence electrons. The van der Waals surface area contributed by atoms with Crippen molar-refractivity contribution in [2.75, 3.05) is 18.1 Å². The van der Waals surface area contributed by atoms with Crippen LogP contribution in [0.1, 0.15) is 44.9 Å². The number of thioether (sulfide) groups is 1. The Kier molecular flexibility index (Phi) is 14.1. The second kappa shape index (κ2) is 16.4. The number of amides is 2. The Morgan fingerprint density at radius 1 is 1.00 bits per heavy atom. The van der Waals surface area contributed by atoms with Crippen LogP contribution in [0.5, 0.6) is 0 Å². The van der Waals surface area contributed by atoms with Crippen LogP contribution >= 0.6 is 11.8 Å². The second-order valence-corrected chi connectivity index (χ2v) is 9.95. The molecule has 0 saturated carbocycles. The van der Waals surface area contributed by atoms with E-state index in [9.17, 15) is 19.5 Å². The molecular formula is C26H37N3O6S. The maximum Gasteiger partial charge on any atom is 0.408 e. The Balaban J connectivity index is 0.000000600. The fraction of sp³-hybridized carbons (Fsp3) is 0.423. The van der Waals surface area contributed by atoms with Crippen molar-refractivity contribution in [3.63, 3.8) is 0 Å². The van der Waals surface area contributed by atoms with Crippen LogP contribution in [0.2, 0.25) is 0 Å². The van der Waals surface area contributed by atoms with Crippen LogP contribution in [-0.4, -0.2) is 53.0 Å². The number of carboxylic acid groups (broad SMARTS) is 1. The molecule has 36 heavy (non-hydrogen) atoms. The molecule has 2 amide bonds. The number of nitrogens with one attached hydrogen (secondary N) is 2. The average molecular weight is 520 g/mol. The summed E-state index contributed by atoms with van der Waals surface area (Å²) >= 11 is 1.28. The minimum absolute atomic E-state index is 0.148. The summed E-state index contributed by atoms with van der Waals surface area (Å²) in [7, 11) is 0. The third kappa shape index (κ3) is 14.9. The lowest BCUT2D eigenvalue weighted by atomic mass is 10.1. The van der Waals surface area contributed by atoms with Crippen molar-refractivity contribution < 1.29 is 29.0 Å². The topological polar surface area (TPSA) is 140 Å². The number of carboxylic acids is 1. The SMILES string of the molecule is CC(C)(C)OC(=O)N[C@@H](CSCCNC(=O)OCc1ccccc1)C(=O)O.C[C@@H](N)c1ccccc1. The van der Waals surface area contributed by atoms with Gasteiger partial charge in [-0.3, -0.25) is 0 Å². The number of carbonyl (C=O) groups is 3. The van der Waals surface area contributed by atoms with Crippen molar-refractivity contribution in [2.45, 2.75) is 52.0 Å². The largest absolute Gasteiger partial charge is 0.480 e. The molecule has 0 aromatic heterocycles. The third-order valence-electron chi connectivity index (χ3n) is 4.33. The molecule has 0 radical (unpaired) electrons. The van der Waals surface area contributed by atoms with Crippen LogP contribution in [0.4, 0.5) is 9.59 Å². The molecule has 0 bridgehead atoms. The van der Waals surface area contributed by atoms with E-state index in [0.717, 1.165) is 5.56 Å². The Hall–Kier alpha value is -3.24. The molecule has 10 heteroatoms. The maximum absolute atomic E-state index is 11.7. The van der Waals surface area contributed by atoms with E-state index >= 15 is 0 Å². The van der Waals surface area contributed by atoms with E-state index in [1.165, 1.54) is 17.3 Å². The van der Waals surface area contributed by atoms with E-state index in [2.05, 4.69) is 10.6 Å². The fourth-order valence-corrected chi connectivity index (χ4v) is 3.46. The molecule has 9 nitrogen and oxygen atoms in total. The summed E-state index contributed by atoms with van der Waals surface area (Å²) in [5.41, 5.74) is 6.99. The Morgan fingerprint density at radius 3 is 2.08 bits per heavy atom. The van der Waals surface area contributed by atoms with Crippen molar-refractivity contribution in [2.24, 2.45) is 5.73 Å². The molecule has 0 saturated heterocycles. The fourth-order valence-electron chi connectivity index (χ4n) is 2.58. The molecule has 2 atom stereocenters. The summed E-state index contributed by atoms with van der Waals surface area (Å²) in [4.78, 5) is 34.5. The van der Waals surface area contributed by atoms with Gasteiger partial charge in [-0.2, -0.15) is 11.8 Å². The van der Waals surface area contributed by atoms with Gasteiger partial charge in [0.15, 0.2) is 0 Å². The van der Waals surface area contributed by atoms with Gasteiger partial charge in [-0.15, -0.1) is 0 Å². The Labute approximate surface area is 217 Å². The number of carbonyl (C=O) groups excluding carboxylic acids is 2. The standard InChI is InChI=1S/C18H26N2O6S.C8H11N/c1-18(2,3)26-17(24)20-14(15(21)22)12-27-10-9-19-16(23)25-11-13-7-5-4-6-8-13;1-7(9)8-5-3-2-4-6-8/h4-8,14H,9-12H2,1-3H3,(H,19,23)(H,20,24)(H,21,22);2-7H,9H2,1H3/t14-;7-/m01/s1. The lowest BCUT2D eigenvalue weighted by Gasteiger charge is -2.21. The summed E-state index contributed by atoms with van der Waals surface area (Å²) in [5.74, 6) is -0.529. The smallest absolute Gasteiger partial charge is 0.408 e. The number of rotatable bonds is 10. The highest BCUT2D eigenvalue weighted by molar-refractivity contribution is 7.99. The predicted molar refractivity (Wildman–Crippen MR) is 142 cm³/mol. The van der Waals surface area contributed by atoms with Crippen LogP contribution in [0.3, 0.4) is 0 Å². The monoisotopic (exact) mass is 519 g/mol. The van der Waals surface area contributed by atoms with Crippen LogP contribution < -0.4 is 16.4 Å². The maximum atomic E-state index is 11.7. The van der Waals surface area contributed by atoms with Crippen LogP contribution in [-0.2, 0) is 20.9 Å². The Morgan fingerprint density at radius 2 is 1.58 bits per heavy atom. The first-order chi connectivity index (χ1) is 17.0. The zero-order valence-electron chi connectivity index (χ0n) is 21.2. The number of benzene rings is 2. The normalized spacial score (nSPS) is 12.2. The van der Waals surface area contributed by atoms with Crippen molar-refractivity contribution >= 4 is 29.9 Å². The van der Waals surface area contributed by atoms with Gasteiger partial charge in [-0.25, -0.2) is 14.4 Å². The molecule has 0 spiro atoms. The highest BCUT2D eigenvalue weighted by atomic mass is 32.2. The van der Waals surface area contributed by atoms with E-state index in [0.29, 0.717) is 12.3 Å². The van der Waals surface area contributed by atoms with Gasteiger partial charge in [0.1, 0.15) is 18.2 Å². The van der Waals surface area contributed by atoms with Crippen molar-refractivity contribution in [3.05, 3.63) is 71.8 Å². The lowest BCUT2D eigenvalue weighted by Crippen LogP contribution is -2.45. The van der Waals surface area contributed by atoms with Gasteiger partial charge < -0.3 is 30.9 Å². The molecule has 0 aliphatic rings. The lowest BCUT2D eigenvalue weighted by molar-refractivity contribution is -0.138. The molecule has 0 unspecified atom stereocenters. The van der Waals surface area contributed by atoms with Crippen LogP contribution in [0.15, 0.2) is 60.7 Å². The van der Waals surface area contributed by atoms with Crippen LogP contribution in [0, 0.1) is 0 Å². The molecule has 0 aliphatic heterocycles. The van der Waals surface area contributed by atoms with E-state index in [4.69, 9.17) is 15.2 Å². The van der Waals surface area contributed by atoms with Crippen molar-refractivity contribution in [1.82, 2.24) is 10.6 Å². The zero-order chi connectivity index (χ0) is 27.0. The summed E-state index contributed by atoms with van der Waals surface area (Å²) in [6.07, 6.45) is -1.32. The number of alkyl carbamates (subject to hydrolysis) is 2. The number of nitrogens with two attached hydrogens (primary N) is 1. The predicted octanol–water partition coefficient (Wildman–Crippen LogP) is 4.33. The average Bonchev–Trinajstić information content (AvgIpc) is 2.82. The van der Waals surface area contributed by atoms with Gasteiger partial charge in [0, 0.05) is 24.1 Å². The summed E-state index contributed by atoms with van der Waals surface area (Å²) in [5, 5.41) is 14.1. The number of hydrogen-bond acceptors (Lipinski definition) is 7. The first kappa shape index (κ1) is 30.8. The van der Waals surface area contributed by atoms with Gasteiger partial charge in [-0.1, -0.05) is 60.7 Å². The molecule has 0 fully saturated rings. The molecule has 0 heterocycles. The zero-order valence-corrected chi connectivity index (χ0v) is 22.0. The van der Waals surface area contributed by atoms with E-state index in [1.807, 2.05) is 67.6 Å². The van der Waals surface area contributed by atoms with Gasteiger partial charge in [-0.05, 0) is 38.8 Å². The molecule has 2 aromatic rings. The van der Waals surface area contributed by atoms with Gasteiger partial charge >= 0.3 is 18.2 Å². The molecule has 2 rings (SSSR count). The summed E-state index contributed by atoms with van der Waals surface area (Å²) in [6.45, 7) is 7.56. The molecule has 2 aromatic carbocycles. The Bertz CT molecular complexity index is 920.